The first-order valence-electron chi connectivity index (χ1n) is 14.8. The van der Waals surface area contributed by atoms with Crippen molar-refractivity contribution in [3.05, 3.63) is 53.8 Å². The number of anilines is 2. The number of hydrogen-bond acceptors (Lipinski definition) is 7. The maximum absolute atomic E-state index is 13.9. The summed E-state index contributed by atoms with van der Waals surface area (Å²) in [6.07, 6.45) is 7.11. The standard InChI is InChI=1S/C32H41FN4O4/c1-32(2,3)41-29(38)19-24(20-37-16-15-22-18-23(33)13-14-27(22)37)34-30(39)26(17-21-9-5-4-6-10-21)36-31-35-25-11-7-8-12-28(25)40-31/h7-8,11-14,18,21,24,26H,4-6,9-10,15-17,19-20H2,1-3H3,(H,34,39)(H,35,36)/t24?,26-/m0/s1. The van der Waals surface area contributed by atoms with Crippen molar-refractivity contribution in [2.24, 2.45) is 5.92 Å². The number of carbonyl (C=O) groups excluding carboxylic acids is 2. The lowest BCUT2D eigenvalue weighted by Crippen LogP contribution is -2.50. The molecular formula is C32H41FN4O4. The number of amides is 1. The van der Waals surface area contributed by atoms with Gasteiger partial charge in [-0.05, 0) is 75.4 Å². The van der Waals surface area contributed by atoms with Gasteiger partial charge >= 0.3 is 5.97 Å². The third kappa shape index (κ3) is 7.77. The van der Waals surface area contributed by atoms with E-state index in [2.05, 4.69) is 20.5 Å². The van der Waals surface area contributed by atoms with Gasteiger partial charge in [0.2, 0.25) is 5.91 Å². The van der Waals surface area contributed by atoms with E-state index in [1.807, 2.05) is 45.0 Å². The Morgan fingerprint density at radius 3 is 2.68 bits per heavy atom. The number of nitrogens with zero attached hydrogens (tertiary/aromatic N) is 2. The zero-order valence-electron chi connectivity index (χ0n) is 24.2. The van der Waals surface area contributed by atoms with Crippen molar-refractivity contribution in [1.82, 2.24) is 10.3 Å². The van der Waals surface area contributed by atoms with Gasteiger partial charge in [0.15, 0.2) is 5.58 Å². The molecule has 220 valence electrons. The van der Waals surface area contributed by atoms with Crippen LogP contribution in [0.1, 0.15) is 71.3 Å². The van der Waals surface area contributed by atoms with Crippen molar-refractivity contribution in [3.8, 4) is 0 Å². The molecule has 2 heterocycles. The summed E-state index contributed by atoms with van der Waals surface area (Å²) in [5.41, 5.74) is 2.59. The van der Waals surface area contributed by atoms with Crippen molar-refractivity contribution >= 4 is 34.7 Å². The van der Waals surface area contributed by atoms with Gasteiger partial charge in [0.1, 0.15) is 23.0 Å². The minimum Gasteiger partial charge on any atom is -0.460 e. The second kappa shape index (κ2) is 12.5. The summed E-state index contributed by atoms with van der Waals surface area (Å²) >= 11 is 0. The summed E-state index contributed by atoms with van der Waals surface area (Å²) in [5, 5.41) is 6.43. The number of fused-ring (bicyclic) bond motifs is 2. The van der Waals surface area contributed by atoms with Crippen molar-refractivity contribution in [1.29, 1.82) is 0 Å². The van der Waals surface area contributed by atoms with Crippen molar-refractivity contribution in [2.75, 3.05) is 23.3 Å². The van der Waals surface area contributed by atoms with Gasteiger partial charge in [-0.25, -0.2) is 4.39 Å². The summed E-state index contributed by atoms with van der Waals surface area (Å²) in [4.78, 5) is 33.5. The number of ether oxygens (including phenoxy) is 1. The summed E-state index contributed by atoms with van der Waals surface area (Å²) in [5.74, 6) is -0.428. The van der Waals surface area contributed by atoms with Crippen LogP contribution in [-0.4, -0.2) is 47.6 Å². The molecular weight excluding hydrogens is 523 g/mol. The number of hydrogen-bond donors (Lipinski definition) is 2. The largest absolute Gasteiger partial charge is 0.460 e. The predicted octanol–water partition coefficient (Wildman–Crippen LogP) is 6.00. The second-order valence-corrected chi connectivity index (χ2v) is 12.4. The molecule has 41 heavy (non-hydrogen) atoms. The fraction of sp³-hybridized carbons (Fsp3) is 0.531. The van der Waals surface area contributed by atoms with Crippen LogP contribution in [0.5, 0.6) is 0 Å². The average molecular weight is 565 g/mol. The Kier molecular flexibility index (Phi) is 8.80. The first-order valence-corrected chi connectivity index (χ1v) is 14.8. The molecule has 0 saturated heterocycles. The zero-order chi connectivity index (χ0) is 29.0. The van der Waals surface area contributed by atoms with E-state index < -0.39 is 17.7 Å². The molecule has 9 heteroatoms. The molecule has 2 aliphatic rings. The van der Waals surface area contributed by atoms with Crippen LogP contribution < -0.4 is 15.5 Å². The van der Waals surface area contributed by atoms with Crippen LogP contribution in [0.25, 0.3) is 11.1 Å². The molecule has 8 nitrogen and oxygen atoms in total. The smallest absolute Gasteiger partial charge is 0.308 e. The molecule has 1 saturated carbocycles. The Morgan fingerprint density at radius 1 is 1.15 bits per heavy atom. The van der Waals surface area contributed by atoms with E-state index in [0.717, 1.165) is 42.5 Å². The number of carbonyl (C=O) groups is 2. The fourth-order valence-corrected chi connectivity index (χ4v) is 6.01. The Labute approximate surface area is 241 Å². The predicted molar refractivity (Wildman–Crippen MR) is 157 cm³/mol. The number of aromatic nitrogens is 1. The molecule has 1 aliphatic heterocycles. The Morgan fingerprint density at radius 2 is 1.93 bits per heavy atom. The molecule has 3 aromatic rings. The van der Waals surface area contributed by atoms with Gasteiger partial charge in [-0.2, -0.15) is 4.98 Å². The van der Waals surface area contributed by atoms with Crippen LogP contribution in [0.15, 0.2) is 46.9 Å². The van der Waals surface area contributed by atoms with Crippen molar-refractivity contribution in [3.63, 3.8) is 0 Å². The first kappa shape index (κ1) is 28.9. The van der Waals surface area contributed by atoms with Crippen LogP contribution in [0.4, 0.5) is 16.1 Å². The molecule has 2 aromatic carbocycles. The van der Waals surface area contributed by atoms with E-state index in [1.165, 1.54) is 12.5 Å². The highest BCUT2D eigenvalue weighted by Gasteiger charge is 2.31. The third-order valence-corrected chi connectivity index (χ3v) is 7.86. The van der Waals surface area contributed by atoms with Gasteiger partial charge in [-0.3, -0.25) is 9.59 Å². The Hall–Kier alpha value is -3.62. The lowest BCUT2D eigenvalue weighted by atomic mass is 9.84. The molecule has 0 spiro atoms. The van der Waals surface area contributed by atoms with E-state index >= 15 is 0 Å². The number of halogens is 1. The van der Waals surface area contributed by atoms with Crippen molar-refractivity contribution < 1.29 is 23.1 Å². The number of esters is 1. The van der Waals surface area contributed by atoms with Crippen LogP contribution in [0.3, 0.4) is 0 Å². The van der Waals surface area contributed by atoms with Gasteiger partial charge in [0, 0.05) is 18.8 Å². The summed E-state index contributed by atoms with van der Waals surface area (Å²) in [7, 11) is 0. The zero-order valence-corrected chi connectivity index (χ0v) is 24.2. The van der Waals surface area contributed by atoms with E-state index in [-0.39, 0.29) is 24.1 Å². The van der Waals surface area contributed by atoms with Crippen molar-refractivity contribution in [2.45, 2.75) is 89.8 Å². The topological polar surface area (TPSA) is 96.7 Å². The van der Waals surface area contributed by atoms with E-state index in [0.29, 0.717) is 43.4 Å². The van der Waals surface area contributed by atoms with E-state index in [1.54, 1.807) is 12.1 Å². The van der Waals surface area contributed by atoms with Crippen LogP contribution in [0.2, 0.25) is 0 Å². The quantitative estimate of drug-likeness (QED) is 0.292. The maximum Gasteiger partial charge on any atom is 0.308 e. The monoisotopic (exact) mass is 564 g/mol. The highest BCUT2D eigenvalue weighted by molar-refractivity contribution is 5.85. The van der Waals surface area contributed by atoms with Crippen LogP contribution in [-0.2, 0) is 20.7 Å². The summed E-state index contributed by atoms with van der Waals surface area (Å²) in [6.45, 7) is 6.57. The molecule has 5 rings (SSSR count). The number of oxazole rings is 1. The fourth-order valence-electron chi connectivity index (χ4n) is 6.01. The SMILES string of the molecule is CC(C)(C)OC(=O)CC(CN1CCc2cc(F)ccc21)NC(=O)[C@H](CC1CCCCC1)Nc1nc2ccccc2o1. The molecule has 0 bridgehead atoms. The van der Waals surface area contributed by atoms with E-state index in [4.69, 9.17) is 9.15 Å². The van der Waals surface area contributed by atoms with Gasteiger partial charge in [-0.15, -0.1) is 0 Å². The lowest BCUT2D eigenvalue weighted by molar-refractivity contribution is -0.155. The van der Waals surface area contributed by atoms with Gasteiger partial charge in [-0.1, -0.05) is 44.2 Å². The first-order chi connectivity index (χ1) is 19.6. The maximum atomic E-state index is 13.9. The highest BCUT2D eigenvalue weighted by atomic mass is 19.1. The van der Waals surface area contributed by atoms with Gasteiger partial charge in [0.25, 0.3) is 6.01 Å². The Bertz CT molecular complexity index is 1330. The molecule has 1 aliphatic carbocycles. The molecule has 0 radical (unpaired) electrons. The number of rotatable bonds is 10. The van der Waals surface area contributed by atoms with Crippen LogP contribution in [0, 0.1) is 11.7 Å². The third-order valence-electron chi connectivity index (χ3n) is 7.86. The second-order valence-electron chi connectivity index (χ2n) is 12.4. The summed E-state index contributed by atoms with van der Waals surface area (Å²) < 4.78 is 25.3. The lowest BCUT2D eigenvalue weighted by Gasteiger charge is -2.30. The molecule has 2 N–H and O–H groups in total. The number of para-hydroxylation sites is 2. The normalized spacial score (nSPS) is 17.2. The molecule has 1 fully saturated rings. The summed E-state index contributed by atoms with van der Waals surface area (Å²) in [6, 6.07) is 11.5. The molecule has 1 unspecified atom stereocenters. The Balaban J connectivity index is 1.35. The highest BCUT2D eigenvalue weighted by Crippen LogP contribution is 2.30. The molecule has 1 amide bonds. The van der Waals surface area contributed by atoms with Gasteiger partial charge < -0.3 is 24.7 Å². The van der Waals surface area contributed by atoms with E-state index in [9.17, 15) is 14.0 Å². The number of nitrogens with one attached hydrogen (secondary N) is 2. The van der Waals surface area contributed by atoms with Crippen LogP contribution >= 0.6 is 0 Å². The minimum atomic E-state index is -0.637. The minimum absolute atomic E-state index is 0.0229. The average Bonchev–Trinajstić information content (AvgIpc) is 3.50. The molecule has 1 aromatic heterocycles. The number of benzene rings is 2. The van der Waals surface area contributed by atoms with Gasteiger partial charge in [0.05, 0.1) is 12.5 Å². The molecule has 2 atom stereocenters.